The van der Waals surface area contributed by atoms with Gasteiger partial charge >= 0.3 is 11.9 Å². The third-order valence-electron chi connectivity index (χ3n) is 6.15. The number of aliphatic hydroxyl groups is 1. The fourth-order valence-corrected chi connectivity index (χ4v) is 3.98. The number of cyclic esters (lactones) is 1. The highest BCUT2D eigenvalue weighted by Crippen LogP contribution is 2.25. The van der Waals surface area contributed by atoms with Gasteiger partial charge in [0.2, 0.25) is 5.91 Å². The summed E-state index contributed by atoms with van der Waals surface area (Å²) in [7, 11) is 0. The Morgan fingerprint density at radius 3 is 2.68 bits per heavy atom. The topological polar surface area (TPSA) is 104 Å². The van der Waals surface area contributed by atoms with Crippen molar-refractivity contribution in [3.05, 3.63) is 58.4 Å². The van der Waals surface area contributed by atoms with Crippen molar-refractivity contribution in [2.75, 3.05) is 13.1 Å². The van der Waals surface area contributed by atoms with Crippen molar-refractivity contribution in [3.63, 3.8) is 0 Å². The number of carboxylic acids is 1. The molecule has 2 atom stereocenters. The van der Waals surface area contributed by atoms with Crippen LogP contribution in [0.15, 0.2) is 58.4 Å². The van der Waals surface area contributed by atoms with Crippen LogP contribution in [0.1, 0.15) is 66.2 Å². The summed E-state index contributed by atoms with van der Waals surface area (Å²) in [5, 5.41) is 18.8. The molecule has 7 nitrogen and oxygen atoms in total. The molecule has 0 saturated carbocycles. The lowest BCUT2D eigenvalue weighted by atomic mass is 10.0. The smallest absolute Gasteiger partial charge is 0.338 e. The number of aliphatic carboxylic acids is 1. The molecule has 2 rings (SSSR count). The molecule has 2 aliphatic rings. The van der Waals surface area contributed by atoms with Gasteiger partial charge in [0.25, 0.3) is 0 Å². The molecule has 0 fully saturated rings. The van der Waals surface area contributed by atoms with E-state index in [2.05, 4.69) is 38.2 Å². The number of carbonyl (C=O) groups excluding carboxylic acids is 2. The fraction of sp³-hybridized carbons (Fsp3) is 0.519. The van der Waals surface area contributed by atoms with Crippen molar-refractivity contribution in [1.29, 1.82) is 0 Å². The predicted molar refractivity (Wildman–Crippen MR) is 131 cm³/mol. The molecular weight excluding hydrogens is 434 g/mol. The van der Waals surface area contributed by atoms with Gasteiger partial charge in [-0.25, -0.2) is 4.79 Å². The van der Waals surface area contributed by atoms with Crippen LogP contribution in [0.3, 0.4) is 0 Å². The van der Waals surface area contributed by atoms with Crippen LogP contribution in [0.4, 0.5) is 0 Å². The Kier molecular flexibility index (Phi) is 10.4. The maximum Gasteiger partial charge on any atom is 0.338 e. The first-order valence-electron chi connectivity index (χ1n) is 11.9. The molecule has 0 aromatic rings. The van der Waals surface area contributed by atoms with Crippen molar-refractivity contribution >= 4 is 17.8 Å². The number of rotatable bonds is 13. The molecule has 0 saturated heterocycles. The number of allylic oxidation sites excluding steroid dienone is 5. The van der Waals surface area contributed by atoms with Gasteiger partial charge in [-0.1, -0.05) is 48.5 Å². The molecule has 0 unspecified atom stereocenters. The Labute approximate surface area is 202 Å². The standard InChI is InChI=1S/C27H37NO6/c1-18(10-6-12-20(3)16-23-25(31)21(4)27(33)34-23)8-5-9-19(2)11-7-13-22-14-15-28(26(22)32)17-24(29)30/h5,8-9,12,14,18,23,31H,6-7,10-11,13,15-17H2,1-4H3,(H,29,30)/b8-5+,19-9+,20-12-/t18-,23-/m1/s1. The van der Waals surface area contributed by atoms with E-state index in [1.807, 2.05) is 13.0 Å². The molecule has 34 heavy (non-hydrogen) atoms. The first-order valence-corrected chi connectivity index (χ1v) is 11.9. The van der Waals surface area contributed by atoms with E-state index in [-0.39, 0.29) is 18.2 Å². The maximum absolute atomic E-state index is 12.2. The van der Waals surface area contributed by atoms with E-state index in [1.54, 1.807) is 6.92 Å². The van der Waals surface area contributed by atoms with E-state index in [9.17, 15) is 19.5 Å². The minimum absolute atomic E-state index is 0.0444. The summed E-state index contributed by atoms with van der Waals surface area (Å²) in [5.41, 5.74) is 3.34. The van der Waals surface area contributed by atoms with Crippen LogP contribution in [0.25, 0.3) is 0 Å². The van der Waals surface area contributed by atoms with E-state index < -0.39 is 18.0 Å². The van der Waals surface area contributed by atoms with Crippen LogP contribution in [-0.4, -0.2) is 52.2 Å². The third-order valence-corrected chi connectivity index (χ3v) is 6.15. The maximum atomic E-state index is 12.2. The van der Waals surface area contributed by atoms with Gasteiger partial charge in [-0.2, -0.15) is 0 Å². The largest absolute Gasteiger partial charge is 0.508 e. The van der Waals surface area contributed by atoms with Gasteiger partial charge in [-0.05, 0) is 58.8 Å². The molecule has 0 bridgehead atoms. The number of nitrogens with zero attached hydrogens (tertiary/aromatic N) is 1. The molecule has 2 heterocycles. The SMILES string of the molecule is CC1=C(O)[C@@H](C/C(C)=C\CC[C@H](C)/C=C/C=C(\C)CCCC2=CCN(CC(=O)O)C2=O)OC1=O. The lowest BCUT2D eigenvalue weighted by Gasteiger charge is -2.13. The normalized spacial score (nSPS) is 20.4. The second-order valence-electron chi connectivity index (χ2n) is 9.27. The van der Waals surface area contributed by atoms with Crippen LogP contribution in [-0.2, 0) is 19.1 Å². The van der Waals surface area contributed by atoms with Gasteiger partial charge < -0.3 is 19.8 Å². The lowest BCUT2D eigenvalue weighted by Crippen LogP contribution is -2.32. The van der Waals surface area contributed by atoms with Crippen molar-refractivity contribution in [3.8, 4) is 0 Å². The zero-order chi connectivity index (χ0) is 25.3. The highest BCUT2D eigenvalue weighted by Gasteiger charge is 2.31. The minimum atomic E-state index is -0.988. The summed E-state index contributed by atoms with van der Waals surface area (Å²) in [6.07, 6.45) is 14.6. The summed E-state index contributed by atoms with van der Waals surface area (Å²) in [4.78, 5) is 35.8. The molecule has 2 N–H and O–H groups in total. The third kappa shape index (κ3) is 8.36. The molecule has 2 aliphatic heterocycles. The van der Waals surface area contributed by atoms with Crippen molar-refractivity contribution in [2.24, 2.45) is 5.92 Å². The predicted octanol–water partition coefficient (Wildman–Crippen LogP) is 5.02. The minimum Gasteiger partial charge on any atom is -0.508 e. The van der Waals surface area contributed by atoms with E-state index in [0.29, 0.717) is 36.5 Å². The highest BCUT2D eigenvalue weighted by molar-refractivity contribution is 5.97. The zero-order valence-corrected chi connectivity index (χ0v) is 20.7. The van der Waals surface area contributed by atoms with Gasteiger partial charge in [-0.15, -0.1) is 0 Å². The molecule has 186 valence electrons. The Morgan fingerprint density at radius 1 is 1.29 bits per heavy atom. The molecule has 1 amide bonds. The molecule has 0 radical (unpaired) electrons. The van der Waals surface area contributed by atoms with Crippen LogP contribution >= 0.6 is 0 Å². The first kappa shape index (κ1) is 27.2. The number of amides is 1. The Balaban J connectivity index is 1.66. The number of aliphatic hydroxyl groups excluding tert-OH is 1. The van der Waals surface area contributed by atoms with Crippen LogP contribution in [0.5, 0.6) is 0 Å². The average Bonchev–Trinajstić information content (AvgIpc) is 3.21. The molecular formula is C27H37NO6. The number of ether oxygens (including phenoxy) is 1. The summed E-state index contributed by atoms with van der Waals surface area (Å²) in [5.74, 6) is -1.13. The number of hydrogen-bond acceptors (Lipinski definition) is 5. The highest BCUT2D eigenvalue weighted by atomic mass is 16.6. The number of carboxylic acid groups (broad SMARTS) is 1. The second-order valence-corrected chi connectivity index (χ2v) is 9.27. The fourth-order valence-electron chi connectivity index (χ4n) is 3.98. The van der Waals surface area contributed by atoms with Crippen molar-refractivity contribution < 1.29 is 29.3 Å². The Bertz CT molecular complexity index is 937. The van der Waals surface area contributed by atoms with Crippen molar-refractivity contribution in [1.82, 2.24) is 4.90 Å². The van der Waals surface area contributed by atoms with Crippen LogP contribution in [0, 0.1) is 5.92 Å². The first-order chi connectivity index (χ1) is 16.1. The monoisotopic (exact) mass is 471 g/mol. The second kappa shape index (κ2) is 13.0. The molecule has 0 aromatic heterocycles. The van der Waals surface area contributed by atoms with Gasteiger partial charge in [0, 0.05) is 18.5 Å². The molecule has 0 spiro atoms. The van der Waals surface area contributed by atoms with E-state index in [0.717, 1.165) is 31.3 Å². The number of hydrogen-bond donors (Lipinski definition) is 2. The van der Waals surface area contributed by atoms with E-state index in [4.69, 9.17) is 9.84 Å². The molecule has 0 aromatic carbocycles. The average molecular weight is 472 g/mol. The van der Waals surface area contributed by atoms with Crippen LogP contribution < -0.4 is 0 Å². The summed E-state index contributed by atoms with van der Waals surface area (Å²) in [6, 6.07) is 0. The Hall–Kier alpha value is -3.09. The van der Waals surface area contributed by atoms with E-state index in [1.165, 1.54) is 10.5 Å². The van der Waals surface area contributed by atoms with Gasteiger partial charge in [-0.3, -0.25) is 9.59 Å². The summed E-state index contributed by atoms with van der Waals surface area (Å²) >= 11 is 0. The molecule has 7 heteroatoms. The lowest BCUT2D eigenvalue weighted by molar-refractivity contribution is -0.142. The van der Waals surface area contributed by atoms with Crippen molar-refractivity contribution in [2.45, 2.75) is 72.3 Å². The quantitative estimate of drug-likeness (QED) is 0.222. The van der Waals surface area contributed by atoms with Gasteiger partial charge in [0.15, 0.2) is 6.10 Å². The van der Waals surface area contributed by atoms with Gasteiger partial charge in [0.05, 0.1) is 5.57 Å². The van der Waals surface area contributed by atoms with Gasteiger partial charge in [0.1, 0.15) is 12.3 Å². The summed E-state index contributed by atoms with van der Waals surface area (Å²) < 4.78 is 5.18. The number of carbonyl (C=O) groups is 3. The zero-order valence-electron chi connectivity index (χ0n) is 20.7. The number of esters is 1. The van der Waals surface area contributed by atoms with E-state index >= 15 is 0 Å². The summed E-state index contributed by atoms with van der Waals surface area (Å²) in [6.45, 7) is 7.95. The Morgan fingerprint density at radius 2 is 2.03 bits per heavy atom. The molecule has 0 aliphatic carbocycles. The van der Waals surface area contributed by atoms with Crippen LogP contribution in [0.2, 0.25) is 0 Å².